The maximum Gasteiger partial charge on any atom is 0.237 e. The topological polar surface area (TPSA) is 96.7 Å². The molecule has 106 valence electrons. The molecule has 0 unspecified atom stereocenters. The van der Waals surface area contributed by atoms with Gasteiger partial charge in [0.2, 0.25) is 17.0 Å². The standard InChI is InChI=1S/C11H11Cl2N5OS/c1-5(20-11-16-10(14)17-18-11)9(19)15-8-3-2-6(12)4-7(8)13/h2-5H,1H3,(H,15,19)(H3,14,16,17,18)/t5-/m1/s1. The number of anilines is 2. The number of hydrogen-bond acceptors (Lipinski definition) is 5. The number of hydrogen-bond donors (Lipinski definition) is 3. The largest absolute Gasteiger partial charge is 0.368 e. The van der Waals surface area contributed by atoms with Crippen LogP contribution >= 0.6 is 35.0 Å². The van der Waals surface area contributed by atoms with Crippen LogP contribution in [0, 0.1) is 0 Å². The van der Waals surface area contributed by atoms with Crippen molar-refractivity contribution < 1.29 is 4.79 Å². The Morgan fingerprint density at radius 2 is 2.25 bits per heavy atom. The van der Waals surface area contributed by atoms with Crippen molar-refractivity contribution in [3.05, 3.63) is 28.2 Å². The number of nitrogens with zero attached hydrogens (tertiary/aromatic N) is 2. The molecule has 20 heavy (non-hydrogen) atoms. The number of halogens is 2. The van der Waals surface area contributed by atoms with E-state index in [2.05, 4.69) is 20.5 Å². The van der Waals surface area contributed by atoms with E-state index in [1.807, 2.05) is 0 Å². The van der Waals surface area contributed by atoms with E-state index >= 15 is 0 Å². The van der Waals surface area contributed by atoms with E-state index in [1.165, 1.54) is 11.8 Å². The molecule has 0 fully saturated rings. The first-order chi connectivity index (χ1) is 9.45. The van der Waals surface area contributed by atoms with Crippen LogP contribution in [0.15, 0.2) is 23.4 Å². The molecule has 2 aromatic rings. The molecule has 0 saturated heterocycles. The predicted molar refractivity (Wildman–Crippen MR) is 81.2 cm³/mol. The van der Waals surface area contributed by atoms with Gasteiger partial charge in [0.15, 0.2) is 0 Å². The van der Waals surface area contributed by atoms with Crippen molar-refractivity contribution in [2.45, 2.75) is 17.3 Å². The highest BCUT2D eigenvalue weighted by Gasteiger charge is 2.18. The maximum absolute atomic E-state index is 12.0. The fourth-order valence-corrected chi connectivity index (χ4v) is 2.54. The Hall–Kier alpha value is -1.44. The van der Waals surface area contributed by atoms with Gasteiger partial charge in [0.05, 0.1) is 16.0 Å². The van der Waals surface area contributed by atoms with E-state index < -0.39 is 5.25 Å². The zero-order chi connectivity index (χ0) is 14.7. The van der Waals surface area contributed by atoms with Gasteiger partial charge < -0.3 is 11.1 Å². The number of benzene rings is 1. The lowest BCUT2D eigenvalue weighted by Gasteiger charge is -2.11. The minimum atomic E-state index is -0.406. The van der Waals surface area contributed by atoms with Gasteiger partial charge in [0.25, 0.3) is 0 Å². The predicted octanol–water partition coefficient (Wildman–Crippen LogP) is 2.81. The molecule has 6 nitrogen and oxygen atoms in total. The zero-order valence-corrected chi connectivity index (χ0v) is 12.7. The van der Waals surface area contributed by atoms with Crippen LogP contribution in [0.1, 0.15) is 6.92 Å². The number of H-pyrrole nitrogens is 1. The Kier molecular flexibility index (Phi) is 4.74. The first-order valence-corrected chi connectivity index (χ1v) is 7.19. The lowest BCUT2D eigenvalue weighted by molar-refractivity contribution is -0.115. The van der Waals surface area contributed by atoms with Crippen LogP contribution in [0.4, 0.5) is 11.6 Å². The number of rotatable bonds is 4. The summed E-state index contributed by atoms with van der Waals surface area (Å²) in [5.41, 5.74) is 5.92. The summed E-state index contributed by atoms with van der Waals surface area (Å²) < 4.78 is 0. The second kappa shape index (κ2) is 6.34. The van der Waals surface area contributed by atoms with Gasteiger partial charge in [-0.05, 0) is 25.1 Å². The lowest BCUT2D eigenvalue weighted by Crippen LogP contribution is -2.22. The molecule has 0 saturated carbocycles. The molecule has 1 heterocycles. The Balaban J connectivity index is 2.00. The monoisotopic (exact) mass is 331 g/mol. The summed E-state index contributed by atoms with van der Waals surface area (Å²) in [5, 5.41) is 9.97. The molecule has 1 aromatic carbocycles. The Bertz CT molecular complexity index is 633. The Morgan fingerprint density at radius 3 is 2.85 bits per heavy atom. The van der Waals surface area contributed by atoms with Crippen molar-refractivity contribution in [3.63, 3.8) is 0 Å². The summed E-state index contributed by atoms with van der Waals surface area (Å²) in [4.78, 5) is 16.0. The van der Waals surface area contributed by atoms with Gasteiger partial charge in [-0.15, -0.1) is 5.10 Å². The summed E-state index contributed by atoms with van der Waals surface area (Å²) in [5.74, 6) is -0.0107. The fourth-order valence-electron chi connectivity index (χ4n) is 1.35. The summed E-state index contributed by atoms with van der Waals surface area (Å²) >= 11 is 13.0. The molecule has 2 rings (SSSR count). The van der Waals surface area contributed by atoms with Crippen LogP contribution in [0.2, 0.25) is 10.0 Å². The molecule has 0 radical (unpaired) electrons. The highest BCUT2D eigenvalue weighted by atomic mass is 35.5. The number of carbonyl (C=O) groups excluding carboxylic acids is 1. The SMILES string of the molecule is C[C@@H](Sc1n[nH]c(N)n1)C(=O)Nc1ccc(Cl)cc1Cl. The van der Waals surface area contributed by atoms with Crippen molar-refractivity contribution in [1.82, 2.24) is 15.2 Å². The van der Waals surface area contributed by atoms with Crippen LogP contribution in [0.3, 0.4) is 0 Å². The van der Waals surface area contributed by atoms with Gasteiger partial charge in [-0.25, -0.2) is 5.10 Å². The number of nitrogen functional groups attached to an aromatic ring is 1. The van der Waals surface area contributed by atoms with E-state index in [-0.39, 0.29) is 11.9 Å². The van der Waals surface area contributed by atoms with Crippen LogP contribution in [0.25, 0.3) is 0 Å². The average Bonchev–Trinajstić information content (AvgIpc) is 2.78. The Labute approximate surface area is 129 Å². The van der Waals surface area contributed by atoms with Crippen LogP contribution in [-0.2, 0) is 4.79 Å². The summed E-state index contributed by atoms with van der Waals surface area (Å²) in [6.45, 7) is 1.73. The van der Waals surface area contributed by atoms with Gasteiger partial charge in [-0.2, -0.15) is 4.98 Å². The number of thioether (sulfide) groups is 1. The minimum Gasteiger partial charge on any atom is -0.368 e. The molecular weight excluding hydrogens is 321 g/mol. The molecule has 0 bridgehead atoms. The molecule has 0 aliphatic rings. The quantitative estimate of drug-likeness (QED) is 0.748. The van der Waals surface area contributed by atoms with Crippen molar-refractivity contribution in [2.24, 2.45) is 0 Å². The van der Waals surface area contributed by atoms with Gasteiger partial charge >= 0.3 is 0 Å². The van der Waals surface area contributed by atoms with Gasteiger partial charge in [0, 0.05) is 5.02 Å². The number of amides is 1. The molecule has 4 N–H and O–H groups in total. The molecule has 0 aliphatic carbocycles. The molecule has 0 spiro atoms. The molecule has 9 heteroatoms. The molecule has 1 atom stereocenters. The van der Waals surface area contributed by atoms with Crippen LogP contribution in [-0.4, -0.2) is 26.3 Å². The van der Waals surface area contributed by atoms with Crippen molar-refractivity contribution in [2.75, 3.05) is 11.1 Å². The zero-order valence-electron chi connectivity index (χ0n) is 10.4. The van der Waals surface area contributed by atoms with Gasteiger partial charge in [-0.3, -0.25) is 4.79 Å². The summed E-state index contributed by atoms with van der Waals surface area (Å²) in [6, 6.07) is 4.86. The lowest BCUT2D eigenvalue weighted by atomic mass is 10.3. The number of carbonyl (C=O) groups is 1. The van der Waals surface area contributed by atoms with Crippen LogP contribution < -0.4 is 11.1 Å². The third-order valence-corrected chi connectivity index (χ3v) is 3.83. The van der Waals surface area contributed by atoms with E-state index in [4.69, 9.17) is 28.9 Å². The second-order valence-corrected chi connectivity index (χ2v) is 6.03. The van der Waals surface area contributed by atoms with Crippen molar-refractivity contribution >= 4 is 52.5 Å². The molecular formula is C11H11Cl2N5OS. The number of aromatic amines is 1. The third kappa shape index (κ3) is 3.78. The second-order valence-electron chi connectivity index (χ2n) is 3.88. The van der Waals surface area contributed by atoms with E-state index in [9.17, 15) is 4.79 Å². The van der Waals surface area contributed by atoms with E-state index in [0.717, 1.165) is 0 Å². The molecule has 1 amide bonds. The number of nitrogens with two attached hydrogens (primary N) is 1. The smallest absolute Gasteiger partial charge is 0.237 e. The number of nitrogens with one attached hydrogen (secondary N) is 2. The van der Waals surface area contributed by atoms with Crippen LogP contribution in [0.5, 0.6) is 0 Å². The van der Waals surface area contributed by atoms with Gasteiger partial charge in [0.1, 0.15) is 0 Å². The first kappa shape index (κ1) is 15.0. The van der Waals surface area contributed by atoms with E-state index in [1.54, 1.807) is 25.1 Å². The fraction of sp³-hybridized carbons (Fsp3) is 0.182. The maximum atomic E-state index is 12.0. The summed E-state index contributed by atoms with van der Waals surface area (Å²) in [6.07, 6.45) is 0. The number of aromatic nitrogens is 3. The van der Waals surface area contributed by atoms with Crippen molar-refractivity contribution in [3.8, 4) is 0 Å². The average molecular weight is 332 g/mol. The highest BCUT2D eigenvalue weighted by molar-refractivity contribution is 8.00. The van der Waals surface area contributed by atoms with Crippen molar-refractivity contribution in [1.29, 1.82) is 0 Å². The first-order valence-electron chi connectivity index (χ1n) is 5.56. The normalized spacial score (nSPS) is 12.2. The Morgan fingerprint density at radius 1 is 1.50 bits per heavy atom. The summed E-state index contributed by atoms with van der Waals surface area (Å²) in [7, 11) is 0. The minimum absolute atomic E-state index is 0.209. The molecule has 0 aliphatic heterocycles. The molecule has 1 aromatic heterocycles. The van der Waals surface area contributed by atoms with E-state index in [0.29, 0.717) is 20.9 Å². The third-order valence-electron chi connectivity index (χ3n) is 2.32. The highest BCUT2D eigenvalue weighted by Crippen LogP contribution is 2.27. The van der Waals surface area contributed by atoms with Gasteiger partial charge in [-0.1, -0.05) is 35.0 Å².